The van der Waals surface area contributed by atoms with E-state index in [2.05, 4.69) is 17.4 Å². The van der Waals surface area contributed by atoms with E-state index in [1.54, 1.807) is 12.1 Å². The minimum atomic E-state index is -0.544. The zero-order chi connectivity index (χ0) is 14.5. The lowest BCUT2D eigenvalue weighted by Crippen LogP contribution is -3.00. The fourth-order valence-electron chi connectivity index (χ4n) is 2.23. The number of halogens is 1. The Morgan fingerprint density at radius 1 is 1.10 bits per heavy atom. The number of quaternary nitrogens is 1. The van der Waals surface area contributed by atoms with E-state index < -0.39 is 6.10 Å². The smallest absolute Gasteiger partial charge is 0.130 e. The number of benzene rings is 2. The summed E-state index contributed by atoms with van der Waals surface area (Å²) in [7, 11) is 0. The minimum absolute atomic E-state index is 0. The molecular weight excluding hydrogens is 286 g/mol. The second-order valence-electron chi connectivity index (χ2n) is 5.28. The third kappa shape index (κ3) is 4.74. The molecule has 0 radical (unpaired) electrons. The largest absolute Gasteiger partial charge is 1.00 e. The van der Waals surface area contributed by atoms with Crippen LogP contribution in [0.5, 0.6) is 5.75 Å². The van der Waals surface area contributed by atoms with E-state index in [1.807, 2.05) is 38.1 Å². The molecule has 0 saturated carbocycles. The van der Waals surface area contributed by atoms with E-state index in [1.165, 1.54) is 5.56 Å². The Morgan fingerprint density at radius 2 is 1.76 bits per heavy atom. The summed E-state index contributed by atoms with van der Waals surface area (Å²) in [4.78, 5) is 0. The van der Waals surface area contributed by atoms with Crippen LogP contribution in [0.2, 0.25) is 0 Å². The average molecular weight is 308 g/mol. The Morgan fingerprint density at radius 3 is 2.38 bits per heavy atom. The van der Waals surface area contributed by atoms with Gasteiger partial charge < -0.3 is 27.9 Å². The number of aromatic hydroxyl groups is 1. The van der Waals surface area contributed by atoms with Gasteiger partial charge in [0.05, 0.1) is 0 Å². The molecule has 0 spiro atoms. The molecular formula is C17H22ClNO2. The van der Waals surface area contributed by atoms with Crippen molar-refractivity contribution in [2.75, 3.05) is 0 Å². The van der Waals surface area contributed by atoms with E-state index in [9.17, 15) is 10.2 Å². The highest BCUT2D eigenvalue weighted by molar-refractivity contribution is 5.36. The van der Waals surface area contributed by atoms with Gasteiger partial charge in [0.2, 0.25) is 0 Å². The Kier molecular flexibility index (Phi) is 6.69. The molecule has 0 amide bonds. The van der Waals surface area contributed by atoms with Crippen LogP contribution in [0.25, 0.3) is 0 Å². The monoisotopic (exact) mass is 307 g/mol. The molecule has 4 heteroatoms. The number of nitrogens with two attached hydrogens (primary N) is 1. The van der Waals surface area contributed by atoms with Crippen LogP contribution in [-0.4, -0.2) is 16.3 Å². The molecule has 0 saturated heterocycles. The molecule has 2 unspecified atom stereocenters. The average Bonchev–Trinajstić information content (AvgIpc) is 2.48. The summed E-state index contributed by atoms with van der Waals surface area (Å²) >= 11 is 0. The maximum Gasteiger partial charge on any atom is 0.130 e. The summed E-state index contributed by atoms with van der Waals surface area (Å²) in [5.74, 6) is 0.266. The van der Waals surface area contributed by atoms with Crippen molar-refractivity contribution < 1.29 is 27.9 Å². The molecule has 0 aliphatic carbocycles. The third-order valence-electron chi connectivity index (χ3n) is 3.63. The summed E-state index contributed by atoms with van der Waals surface area (Å²) in [6.45, 7) is 4.69. The van der Waals surface area contributed by atoms with Gasteiger partial charge in [-0.2, -0.15) is 0 Å². The third-order valence-corrected chi connectivity index (χ3v) is 3.63. The van der Waals surface area contributed by atoms with Gasteiger partial charge in [-0.3, -0.25) is 0 Å². The van der Waals surface area contributed by atoms with Gasteiger partial charge in [-0.1, -0.05) is 36.4 Å². The molecule has 2 aromatic rings. The Labute approximate surface area is 132 Å². The summed E-state index contributed by atoms with van der Waals surface area (Å²) in [6.07, 6.45) is -0.544. The first-order valence-corrected chi connectivity index (χ1v) is 6.93. The fraction of sp³-hybridized carbons (Fsp3) is 0.294. The van der Waals surface area contributed by atoms with Gasteiger partial charge in [-0.15, -0.1) is 0 Å². The van der Waals surface area contributed by atoms with Crippen LogP contribution < -0.4 is 17.7 Å². The summed E-state index contributed by atoms with van der Waals surface area (Å²) in [5.41, 5.74) is 2.88. The van der Waals surface area contributed by atoms with Gasteiger partial charge in [0, 0.05) is 5.56 Å². The molecule has 0 aromatic heterocycles. The van der Waals surface area contributed by atoms with Crippen molar-refractivity contribution in [1.29, 1.82) is 0 Å². The van der Waals surface area contributed by atoms with E-state index >= 15 is 0 Å². The molecule has 21 heavy (non-hydrogen) atoms. The topological polar surface area (TPSA) is 57.1 Å². The number of aliphatic hydroxyl groups is 1. The fourth-order valence-corrected chi connectivity index (χ4v) is 2.23. The normalized spacial score (nSPS) is 13.3. The molecule has 4 N–H and O–H groups in total. The number of hydrogen-bond donors (Lipinski definition) is 3. The quantitative estimate of drug-likeness (QED) is 0.656. The van der Waals surface area contributed by atoms with Crippen molar-refractivity contribution in [3.63, 3.8) is 0 Å². The van der Waals surface area contributed by atoms with Gasteiger partial charge >= 0.3 is 0 Å². The van der Waals surface area contributed by atoms with Crippen molar-refractivity contribution in [3.8, 4) is 5.75 Å². The van der Waals surface area contributed by atoms with Crippen LogP contribution in [0.3, 0.4) is 0 Å². The highest BCUT2D eigenvalue weighted by Crippen LogP contribution is 2.22. The number of phenols is 1. The lowest BCUT2D eigenvalue weighted by Gasteiger charge is -2.18. The van der Waals surface area contributed by atoms with Crippen molar-refractivity contribution in [2.45, 2.75) is 32.5 Å². The molecule has 3 nitrogen and oxygen atoms in total. The van der Waals surface area contributed by atoms with E-state index in [-0.39, 0.29) is 24.2 Å². The van der Waals surface area contributed by atoms with E-state index in [4.69, 9.17) is 0 Å². The molecule has 2 rings (SSSR count). The summed E-state index contributed by atoms with van der Waals surface area (Å²) < 4.78 is 0. The maximum absolute atomic E-state index is 10.4. The van der Waals surface area contributed by atoms with Gasteiger partial charge in [0.1, 0.15) is 24.4 Å². The zero-order valence-corrected chi connectivity index (χ0v) is 13.1. The van der Waals surface area contributed by atoms with Gasteiger partial charge in [-0.25, -0.2) is 0 Å². The SMILES string of the molecule is Cc1cc(C(O)C(C)[NH2+]Cc2ccccc2)ccc1O.[Cl-]. The number of phenolic OH excluding ortho intramolecular Hbond substituents is 1. The molecule has 0 aliphatic rings. The molecule has 114 valence electrons. The molecule has 0 bridgehead atoms. The zero-order valence-electron chi connectivity index (χ0n) is 12.3. The van der Waals surface area contributed by atoms with Crippen LogP contribution in [0, 0.1) is 6.92 Å². The van der Waals surface area contributed by atoms with Gasteiger partial charge in [0.15, 0.2) is 0 Å². The maximum atomic E-state index is 10.4. The molecule has 0 fully saturated rings. The van der Waals surface area contributed by atoms with Gasteiger partial charge in [-0.05, 0) is 37.1 Å². The molecule has 0 heterocycles. The first kappa shape index (κ1) is 17.5. The van der Waals surface area contributed by atoms with Crippen LogP contribution in [-0.2, 0) is 6.54 Å². The second kappa shape index (κ2) is 8.03. The predicted molar refractivity (Wildman–Crippen MR) is 79.3 cm³/mol. The second-order valence-corrected chi connectivity index (χ2v) is 5.28. The highest BCUT2D eigenvalue weighted by atomic mass is 35.5. The Hall–Kier alpha value is -1.55. The lowest BCUT2D eigenvalue weighted by molar-refractivity contribution is -0.709. The van der Waals surface area contributed by atoms with Crippen molar-refractivity contribution in [2.24, 2.45) is 0 Å². The lowest BCUT2D eigenvalue weighted by atomic mass is 10.0. The van der Waals surface area contributed by atoms with E-state index in [0.29, 0.717) is 0 Å². The Balaban J connectivity index is 0.00000220. The number of aryl methyl sites for hydroxylation is 1. The first-order valence-electron chi connectivity index (χ1n) is 6.93. The first-order chi connectivity index (χ1) is 9.58. The van der Waals surface area contributed by atoms with Crippen LogP contribution in [0.1, 0.15) is 29.7 Å². The van der Waals surface area contributed by atoms with Crippen molar-refractivity contribution >= 4 is 0 Å². The number of rotatable bonds is 5. The van der Waals surface area contributed by atoms with Crippen LogP contribution >= 0.6 is 0 Å². The number of aliphatic hydroxyl groups excluding tert-OH is 1. The van der Waals surface area contributed by atoms with Crippen molar-refractivity contribution in [3.05, 3.63) is 65.2 Å². The standard InChI is InChI=1S/C17H21NO2.ClH/c1-12-10-15(8-9-16(12)19)17(20)13(2)18-11-14-6-4-3-5-7-14;/h3-10,13,17-20H,11H2,1-2H3;1H. The molecule has 0 aliphatic heterocycles. The van der Waals surface area contributed by atoms with Crippen LogP contribution in [0.15, 0.2) is 48.5 Å². The molecule has 2 atom stereocenters. The summed E-state index contributed by atoms with van der Waals surface area (Å²) in [6, 6.07) is 15.5. The number of hydrogen-bond acceptors (Lipinski definition) is 2. The van der Waals surface area contributed by atoms with Crippen molar-refractivity contribution in [1.82, 2.24) is 0 Å². The Bertz CT molecular complexity index is 560. The highest BCUT2D eigenvalue weighted by Gasteiger charge is 2.19. The predicted octanol–water partition coefficient (Wildman–Crippen LogP) is -1.11. The van der Waals surface area contributed by atoms with E-state index in [0.717, 1.165) is 17.7 Å². The van der Waals surface area contributed by atoms with Crippen LogP contribution in [0.4, 0.5) is 0 Å². The minimum Gasteiger partial charge on any atom is -1.00 e. The van der Waals surface area contributed by atoms with Gasteiger partial charge in [0.25, 0.3) is 0 Å². The molecule has 2 aromatic carbocycles. The summed E-state index contributed by atoms with van der Waals surface area (Å²) in [5, 5.41) is 22.0.